The molecule has 3 nitrogen and oxygen atoms in total. The van der Waals surface area contributed by atoms with Gasteiger partial charge in [0, 0.05) is 29.1 Å². The van der Waals surface area contributed by atoms with Gasteiger partial charge in [-0.15, -0.1) is 0 Å². The third kappa shape index (κ3) is 2.78. The molecular formula is C20H18N2O. The molecule has 1 aromatic carbocycles. The zero-order valence-corrected chi connectivity index (χ0v) is 12.8. The Balaban J connectivity index is 1.58. The van der Waals surface area contributed by atoms with Crippen LogP contribution in [-0.2, 0) is 24.1 Å². The third-order valence-corrected chi connectivity index (χ3v) is 4.34. The van der Waals surface area contributed by atoms with Gasteiger partial charge in [-0.1, -0.05) is 42.5 Å². The first-order chi connectivity index (χ1) is 11.3. The zero-order valence-electron chi connectivity index (χ0n) is 12.8. The van der Waals surface area contributed by atoms with E-state index in [0.29, 0.717) is 6.42 Å². The van der Waals surface area contributed by atoms with E-state index in [0.717, 1.165) is 41.1 Å². The van der Waals surface area contributed by atoms with E-state index in [1.54, 1.807) is 0 Å². The number of amides is 1. The number of hydrogen-bond acceptors (Lipinski definition) is 1. The van der Waals surface area contributed by atoms with Gasteiger partial charge in [-0.25, -0.2) is 0 Å². The maximum Gasteiger partial charge on any atom is 0.251 e. The average Bonchev–Trinajstić information content (AvgIpc) is 2.70. The highest BCUT2D eigenvalue weighted by molar-refractivity contribution is 6.05. The number of aromatic nitrogens is 1. The van der Waals surface area contributed by atoms with Crippen LogP contribution >= 0.6 is 0 Å². The van der Waals surface area contributed by atoms with E-state index in [9.17, 15) is 4.79 Å². The van der Waals surface area contributed by atoms with Crippen molar-refractivity contribution >= 4 is 17.7 Å². The first-order valence-electron chi connectivity index (χ1n) is 7.92. The van der Waals surface area contributed by atoms with E-state index in [4.69, 9.17) is 0 Å². The lowest BCUT2D eigenvalue weighted by Crippen LogP contribution is -2.15. The second kappa shape index (κ2) is 5.76. The minimum Gasteiger partial charge on any atom is -0.358 e. The molecule has 1 amide bonds. The molecular weight excluding hydrogens is 284 g/mol. The number of rotatable bonds is 2. The number of aromatic amines is 1. The Labute approximate surface area is 135 Å². The minimum atomic E-state index is -0.00446. The molecule has 1 aromatic heterocycles. The molecule has 0 unspecified atom stereocenters. The largest absolute Gasteiger partial charge is 0.358 e. The number of allylic oxidation sites excluding steroid dienone is 4. The molecule has 1 aliphatic heterocycles. The van der Waals surface area contributed by atoms with Gasteiger partial charge in [-0.3, -0.25) is 4.79 Å². The van der Waals surface area contributed by atoms with Crippen LogP contribution in [0.3, 0.4) is 0 Å². The Morgan fingerprint density at radius 3 is 2.91 bits per heavy atom. The lowest BCUT2D eigenvalue weighted by molar-refractivity contribution is -0.112. The summed E-state index contributed by atoms with van der Waals surface area (Å²) in [6.45, 7) is 0. The van der Waals surface area contributed by atoms with Gasteiger partial charge in [0.15, 0.2) is 0 Å². The van der Waals surface area contributed by atoms with Crippen LogP contribution in [0.5, 0.6) is 0 Å². The molecule has 2 N–H and O–H groups in total. The van der Waals surface area contributed by atoms with Crippen molar-refractivity contribution in [2.24, 2.45) is 0 Å². The molecule has 23 heavy (non-hydrogen) atoms. The second-order valence-electron chi connectivity index (χ2n) is 5.95. The normalized spacial score (nSPS) is 16.0. The van der Waals surface area contributed by atoms with Crippen LogP contribution in [0.2, 0.25) is 0 Å². The molecule has 0 saturated carbocycles. The Hall–Kier alpha value is -2.81. The van der Waals surface area contributed by atoms with Gasteiger partial charge < -0.3 is 10.3 Å². The molecule has 4 rings (SSSR count). The van der Waals surface area contributed by atoms with Crippen molar-refractivity contribution in [1.82, 2.24) is 4.98 Å². The lowest BCUT2D eigenvalue weighted by Gasteiger charge is -2.07. The number of nitrogens with one attached hydrogen (secondary N) is 2. The number of H-pyrrole nitrogens is 1. The smallest absolute Gasteiger partial charge is 0.251 e. The quantitative estimate of drug-likeness (QED) is 0.870. The molecule has 0 spiro atoms. The summed E-state index contributed by atoms with van der Waals surface area (Å²) in [4.78, 5) is 15.9. The van der Waals surface area contributed by atoms with Crippen molar-refractivity contribution in [3.63, 3.8) is 0 Å². The summed E-state index contributed by atoms with van der Waals surface area (Å²) in [5.74, 6) is -0.00446. The third-order valence-electron chi connectivity index (χ3n) is 4.34. The number of carbonyl (C=O) groups excluding carboxylic acids is 1. The molecule has 0 fully saturated rings. The second-order valence-corrected chi connectivity index (χ2v) is 5.95. The predicted octanol–water partition coefficient (Wildman–Crippen LogP) is 3.80. The minimum absolute atomic E-state index is 0.00446. The van der Waals surface area contributed by atoms with E-state index in [-0.39, 0.29) is 5.91 Å². The topological polar surface area (TPSA) is 44.9 Å². The van der Waals surface area contributed by atoms with Crippen LogP contribution < -0.4 is 5.32 Å². The Kier molecular flexibility index (Phi) is 3.46. The lowest BCUT2D eigenvalue weighted by atomic mass is 10.1. The molecule has 2 heterocycles. The maximum atomic E-state index is 12.5. The standard InChI is InChI=1S/C20H18N2O/c23-20-16(11-10-14-6-4-5-9-18(14)22-20)13-17-12-15-7-2-1-3-8-19(15)21-17/h1-6,8-9,11-12,21H,7,10,13H2,(H,22,23). The summed E-state index contributed by atoms with van der Waals surface area (Å²) in [6.07, 6.45) is 12.7. The Morgan fingerprint density at radius 1 is 1.04 bits per heavy atom. The van der Waals surface area contributed by atoms with Gasteiger partial charge in [-0.05, 0) is 42.2 Å². The van der Waals surface area contributed by atoms with Gasteiger partial charge in [0.1, 0.15) is 0 Å². The molecule has 0 saturated heterocycles. The van der Waals surface area contributed by atoms with Gasteiger partial charge >= 0.3 is 0 Å². The van der Waals surface area contributed by atoms with Gasteiger partial charge in [0.25, 0.3) is 5.91 Å². The highest BCUT2D eigenvalue weighted by Gasteiger charge is 2.17. The van der Waals surface area contributed by atoms with Crippen LogP contribution in [0.1, 0.15) is 22.5 Å². The van der Waals surface area contributed by atoms with Crippen LogP contribution in [0.15, 0.2) is 60.2 Å². The maximum absolute atomic E-state index is 12.5. The average molecular weight is 302 g/mol. The van der Waals surface area contributed by atoms with E-state index < -0.39 is 0 Å². The number of benzene rings is 1. The summed E-state index contributed by atoms with van der Waals surface area (Å²) in [6, 6.07) is 10.1. The molecule has 0 atom stereocenters. The van der Waals surface area contributed by atoms with Crippen LogP contribution in [-0.4, -0.2) is 10.9 Å². The fourth-order valence-electron chi connectivity index (χ4n) is 3.12. The van der Waals surface area contributed by atoms with E-state index >= 15 is 0 Å². The summed E-state index contributed by atoms with van der Waals surface area (Å²) < 4.78 is 0. The number of fused-ring (bicyclic) bond motifs is 2. The summed E-state index contributed by atoms with van der Waals surface area (Å²) in [5, 5.41) is 3.02. The Morgan fingerprint density at radius 2 is 1.96 bits per heavy atom. The number of hydrogen-bond donors (Lipinski definition) is 2. The molecule has 1 aliphatic carbocycles. The summed E-state index contributed by atoms with van der Waals surface area (Å²) in [7, 11) is 0. The van der Waals surface area contributed by atoms with Crippen molar-refractivity contribution in [3.8, 4) is 0 Å². The molecule has 0 radical (unpaired) electrons. The fourth-order valence-corrected chi connectivity index (χ4v) is 3.12. The van der Waals surface area contributed by atoms with Crippen LogP contribution in [0.4, 0.5) is 5.69 Å². The van der Waals surface area contributed by atoms with Gasteiger partial charge in [-0.2, -0.15) is 0 Å². The van der Waals surface area contributed by atoms with Crippen molar-refractivity contribution in [2.75, 3.05) is 5.32 Å². The van der Waals surface area contributed by atoms with Crippen molar-refractivity contribution in [1.29, 1.82) is 0 Å². The predicted molar refractivity (Wildman–Crippen MR) is 93.2 cm³/mol. The monoisotopic (exact) mass is 302 g/mol. The number of anilines is 1. The molecule has 114 valence electrons. The first kappa shape index (κ1) is 13.8. The number of carbonyl (C=O) groups is 1. The number of para-hydroxylation sites is 1. The molecule has 3 heteroatoms. The van der Waals surface area contributed by atoms with E-state index in [2.05, 4.69) is 40.7 Å². The van der Waals surface area contributed by atoms with Crippen molar-refractivity contribution in [3.05, 3.63) is 82.7 Å². The highest BCUT2D eigenvalue weighted by Crippen LogP contribution is 2.24. The summed E-state index contributed by atoms with van der Waals surface area (Å²) in [5.41, 5.74) is 6.40. The van der Waals surface area contributed by atoms with Crippen LogP contribution in [0.25, 0.3) is 6.08 Å². The van der Waals surface area contributed by atoms with Crippen molar-refractivity contribution < 1.29 is 4.79 Å². The highest BCUT2D eigenvalue weighted by atomic mass is 16.1. The van der Waals surface area contributed by atoms with E-state index in [1.165, 1.54) is 5.56 Å². The molecule has 0 bridgehead atoms. The van der Waals surface area contributed by atoms with Crippen molar-refractivity contribution in [2.45, 2.75) is 19.3 Å². The van der Waals surface area contributed by atoms with Crippen LogP contribution in [0, 0.1) is 0 Å². The zero-order chi connectivity index (χ0) is 15.6. The van der Waals surface area contributed by atoms with Gasteiger partial charge in [0.2, 0.25) is 0 Å². The molecule has 2 aliphatic rings. The Bertz CT molecular complexity index is 852. The molecule has 2 aromatic rings. The first-order valence-corrected chi connectivity index (χ1v) is 7.92. The fraction of sp³-hybridized carbons (Fsp3) is 0.150. The van der Waals surface area contributed by atoms with Gasteiger partial charge in [0.05, 0.1) is 0 Å². The SMILES string of the molecule is O=C1Nc2ccccc2CC=C1Cc1cc2c([nH]1)C=CC=CC2. The van der Waals surface area contributed by atoms with E-state index in [1.807, 2.05) is 30.4 Å². The summed E-state index contributed by atoms with van der Waals surface area (Å²) >= 11 is 0.